The average molecular weight is 422 g/mol. The van der Waals surface area contributed by atoms with Crippen molar-refractivity contribution in [3.8, 4) is 11.1 Å². The number of aryl methyl sites for hydroxylation is 2. The molecule has 1 saturated heterocycles. The number of benzene rings is 1. The molecular formula is C23H27N5O3. The molecule has 0 unspecified atom stereocenters. The average Bonchev–Trinajstić information content (AvgIpc) is 3.30. The molecule has 1 fully saturated rings. The van der Waals surface area contributed by atoms with Crippen LogP contribution in [0.3, 0.4) is 0 Å². The molecule has 1 N–H and O–H groups in total. The Bertz CT molecular complexity index is 1060. The van der Waals surface area contributed by atoms with Gasteiger partial charge in [-0.25, -0.2) is 9.78 Å². The molecule has 1 aliphatic rings. The van der Waals surface area contributed by atoms with E-state index in [1.54, 1.807) is 17.3 Å². The van der Waals surface area contributed by atoms with Gasteiger partial charge in [-0.15, -0.1) is 0 Å². The van der Waals surface area contributed by atoms with Crippen molar-refractivity contribution in [3.63, 3.8) is 0 Å². The van der Waals surface area contributed by atoms with E-state index in [-0.39, 0.29) is 24.1 Å². The number of carbonyl (C=O) groups is 1. The molecule has 0 spiro atoms. The Labute approximate surface area is 181 Å². The van der Waals surface area contributed by atoms with Gasteiger partial charge in [-0.1, -0.05) is 43.3 Å². The number of rotatable bonds is 6. The van der Waals surface area contributed by atoms with E-state index in [2.05, 4.69) is 65.5 Å². The topological polar surface area (TPSA) is 93.4 Å². The maximum absolute atomic E-state index is 12.2. The van der Waals surface area contributed by atoms with Crippen LogP contribution in [0.4, 0.5) is 16.4 Å². The number of nitrogens with one attached hydrogen (secondary N) is 1. The van der Waals surface area contributed by atoms with Crippen molar-refractivity contribution in [1.82, 2.24) is 15.1 Å². The predicted octanol–water partition coefficient (Wildman–Crippen LogP) is 4.90. The van der Waals surface area contributed by atoms with Gasteiger partial charge in [-0.3, -0.25) is 9.88 Å². The van der Waals surface area contributed by atoms with Crippen molar-refractivity contribution in [2.24, 2.45) is 5.92 Å². The monoisotopic (exact) mass is 421 g/mol. The number of amides is 1. The Hall–Kier alpha value is -3.42. The smallest absolute Gasteiger partial charge is 0.415 e. The van der Waals surface area contributed by atoms with Gasteiger partial charge in [0.25, 0.3) is 0 Å². The third-order valence-electron chi connectivity index (χ3n) is 5.64. The summed E-state index contributed by atoms with van der Waals surface area (Å²) in [7, 11) is 0. The molecule has 3 heterocycles. The van der Waals surface area contributed by atoms with E-state index in [0.717, 1.165) is 28.1 Å². The number of nitrogens with zero attached hydrogens (tertiary/aromatic N) is 4. The van der Waals surface area contributed by atoms with E-state index in [9.17, 15) is 4.79 Å². The quantitative estimate of drug-likeness (QED) is 0.605. The van der Waals surface area contributed by atoms with Gasteiger partial charge in [0.2, 0.25) is 0 Å². The molecule has 2 atom stereocenters. The van der Waals surface area contributed by atoms with Crippen molar-refractivity contribution >= 4 is 17.7 Å². The number of cyclic esters (lactones) is 1. The van der Waals surface area contributed by atoms with Crippen LogP contribution in [0.15, 0.2) is 41.2 Å². The molecule has 0 bridgehead atoms. The fourth-order valence-corrected chi connectivity index (χ4v) is 3.87. The van der Waals surface area contributed by atoms with Crippen LogP contribution < -0.4 is 10.2 Å². The Morgan fingerprint density at radius 2 is 1.87 bits per heavy atom. The van der Waals surface area contributed by atoms with E-state index in [1.807, 2.05) is 13.8 Å². The molecule has 0 radical (unpaired) electrons. The molecule has 2 aromatic heterocycles. The molecule has 1 amide bonds. The van der Waals surface area contributed by atoms with Crippen LogP contribution in [0.5, 0.6) is 0 Å². The summed E-state index contributed by atoms with van der Waals surface area (Å²) < 4.78 is 10.5. The number of anilines is 2. The van der Waals surface area contributed by atoms with Crippen LogP contribution in [0.2, 0.25) is 0 Å². The molecule has 0 saturated carbocycles. The first-order chi connectivity index (χ1) is 14.8. The highest BCUT2D eigenvalue weighted by atomic mass is 16.6. The summed E-state index contributed by atoms with van der Waals surface area (Å²) in [6, 6.07) is 8.22. The highest BCUT2D eigenvalue weighted by Crippen LogP contribution is 2.29. The van der Waals surface area contributed by atoms with Gasteiger partial charge in [0.05, 0.1) is 24.1 Å². The Morgan fingerprint density at radius 1 is 1.13 bits per heavy atom. The van der Waals surface area contributed by atoms with Gasteiger partial charge >= 0.3 is 6.09 Å². The Morgan fingerprint density at radius 3 is 2.52 bits per heavy atom. The highest BCUT2D eigenvalue weighted by Gasteiger charge is 2.37. The molecule has 8 nitrogen and oxygen atoms in total. The predicted molar refractivity (Wildman–Crippen MR) is 118 cm³/mol. The van der Waals surface area contributed by atoms with E-state index in [4.69, 9.17) is 9.26 Å². The second kappa shape index (κ2) is 8.37. The van der Waals surface area contributed by atoms with Crippen LogP contribution >= 0.6 is 0 Å². The summed E-state index contributed by atoms with van der Waals surface area (Å²) in [5.74, 6) is 2.15. The Balaban J connectivity index is 1.51. The maximum atomic E-state index is 12.2. The standard InChI is InChI=1S/C23H27N5O3/c1-13(2)19-12-30-23(29)28(19)21-11-24-10-20(26-21)25-14(3)17-6-8-18(9-7-17)22-15(4)27-31-16(22)5/h6-11,13-14,19H,12H2,1-5H3,(H,25,26)/t14-,19+/m0/s1. The largest absolute Gasteiger partial charge is 0.447 e. The normalized spacial score (nSPS) is 17.2. The number of hydrogen-bond acceptors (Lipinski definition) is 7. The van der Waals surface area contributed by atoms with Gasteiger partial charge in [-0.2, -0.15) is 0 Å². The van der Waals surface area contributed by atoms with Gasteiger partial charge in [-0.05, 0) is 37.8 Å². The third kappa shape index (κ3) is 4.10. The van der Waals surface area contributed by atoms with Crippen molar-refractivity contribution in [2.75, 3.05) is 16.8 Å². The minimum Gasteiger partial charge on any atom is -0.447 e. The molecule has 31 heavy (non-hydrogen) atoms. The lowest BCUT2D eigenvalue weighted by molar-refractivity contribution is 0.177. The van der Waals surface area contributed by atoms with Crippen LogP contribution in [0, 0.1) is 19.8 Å². The lowest BCUT2D eigenvalue weighted by Crippen LogP contribution is -2.37. The minimum atomic E-state index is -0.381. The minimum absolute atomic E-state index is 0.00491. The van der Waals surface area contributed by atoms with Crippen molar-refractivity contribution in [3.05, 3.63) is 53.7 Å². The van der Waals surface area contributed by atoms with Crippen LogP contribution in [-0.2, 0) is 4.74 Å². The van der Waals surface area contributed by atoms with Crippen molar-refractivity contribution in [2.45, 2.75) is 46.7 Å². The number of carbonyl (C=O) groups excluding carboxylic acids is 1. The Kier molecular flexibility index (Phi) is 5.63. The molecule has 4 rings (SSSR count). The first-order valence-corrected chi connectivity index (χ1v) is 10.4. The number of ether oxygens (including phenoxy) is 1. The zero-order valence-electron chi connectivity index (χ0n) is 18.4. The fourth-order valence-electron chi connectivity index (χ4n) is 3.87. The van der Waals surface area contributed by atoms with Gasteiger partial charge in [0, 0.05) is 11.6 Å². The fraction of sp³-hybridized carbons (Fsp3) is 0.391. The van der Waals surface area contributed by atoms with Crippen LogP contribution in [-0.4, -0.2) is 33.9 Å². The summed E-state index contributed by atoms with van der Waals surface area (Å²) >= 11 is 0. The second-order valence-electron chi connectivity index (χ2n) is 8.21. The SMILES string of the molecule is Cc1noc(C)c1-c1ccc([C@H](C)Nc2cncc(N3C(=O)OC[C@@H]3C(C)C)n2)cc1. The van der Waals surface area contributed by atoms with Gasteiger partial charge < -0.3 is 14.6 Å². The third-order valence-corrected chi connectivity index (χ3v) is 5.64. The van der Waals surface area contributed by atoms with Crippen LogP contribution in [0.1, 0.15) is 43.8 Å². The molecule has 162 valence electrons. The van der Waals surface area contributed by atoms with Crippen molar-refractivity contribution < 1.29 is 14.1 Å². The van der Waals surface area contributed by atoms with E-state index < -0.39 is 0 Å². The molecular weight excluding hydrogens is 394 g/mol. The number of hydrogen-bond donors (Lipinski definition) is 1. The lowest BCUT2D eigenvalue weighted by atomic mass is 10.0. The molecule has 1 aromatic carbocycles. The molecule has 8 heteroatoms. The maximum Gasteiger partial charge on any atom is 0.415 e. The second-order valence-corrected chi connectivity index (χ2v) is 8.21. The molecule has 3 aromatic rings. The zero-order chi connectivity index (χ0) is 22.1. The van der Waals surface area contributed by atoms with E-state index in [1.165, 1.54) is 0 Å². The van der Waals surface area contributed by atoms with E-state index >= 15 is 0 Å². The highest BCUT2D eigenvalue weighted by molar-refractivity contribution is 5.89. The zero-order valence-corrected chi connectivity index (χ0v) is 18.4. The van der Waals surface area contributed by atoms with E-state index in [0.29, 0.717) is 18.2 Å². The van der Waals surface area contributed by atoms with Crippen LogP contribution in [0.25, 0.3) is 11.1 Å². The van der Waals surface area contributed by atoms with Gasteiger partial charge in [0.1, 0.15) is 18.2 Å². The lowest BCUT2D eigenvalue weighted by Gasteiger charge is -2.23. The van der Waals surface area contributed by atoms with Gasteiger partial charge in [0.15, 0.2) is 5.82 Å². The molecule has 0 aliphatic carbocycles. The summed E-state index contributed by atoms with van der Waals surface area (Å²) in [4.78, 5) is 22.7. The molecule has 1 aliphatic heterocycles. The number of aromatic nitrogens is 3. The summed E-state index contributed by atoms with van der Waals surface area (Å²) in [5.41, 5.74) is 4.08. The first-order valence-electron chi connectivity index (χ1n) is 10.4. The van der Waals surface area contributed by atoms with Crippen molar-refractivity contribution in [1.29, 1.82) is 0 Å². The summed E-state index contributed by atoms with van der Waals surface area (Å²) in [5, 5.41) is 7.40. The first kappa shape index (κ1) is 20.8. The summed E-state index contributed by atoms with van der Waals surface area (Å²) in [6.45, 7) is 10.4. The summed E-state index contributed by atoms with van der Waals surface area (Å²) in [6.07, 6.45) is 2.87.